The summed E-state index contributed by atoms with van der Waals surface area (Å²) < 4.78 is 42.8. The number of aliphatic hydroxyl groups excluding tert-OH is 1. The number of thioether (sulfide) groups is 1. The Hall–Kier alpha value is -1.86. The minimum atomic E-state index is -3.53. The summed E-state index contributed by atoms with van der Waals surface area (Å²) in [7, 11) is -2.77. The van der Waals surface area contributed by atoms with Crippen molar-refractivity contribution < 1.29 is 22.2 Å². The molecule has 0 fully saturated rings. The Labute approximate surface area is 196 Å². The summed E-state index contributed by atoms with van der Waals surface area (Å²) in [5.74, 6) is 3.24. The Balaban J connectivity index is 1.86. The van der Waals surface area contributed by atoms with Crippen LogP contribution in [-0.4, -0.2) is 62.1 Å². The van der Waals surface area contributed by atoms with Gasteiger partial charge in [-0.25, -0.2) is 13.4 Å². The maximum atomic E-state index is 11.6. The van der Waals surface area contributed by atoms with E-state index < -0.39 is 26.9 Å². The van der Waals surface area contributed by atoms with Crippen LogP contribution in [0.15, 0.2) is 50.7 Å². The number of aliphatic hydroxyl groups is 1. The van der Waals surface area contributed by atoms with Crippen LogP contribution in [0.1, 0.15) is 23.2 Å². The predicted molar refractivity (Wildman–Crippen MR) is 130 cm³/mol. The van der Waals surface area contributed by atoms with Crippen molar-refractivity contribution in [2.45, 2.75) is 23.3 Å². The van der Waals surface area contributed by atoms with Gasteiger partial charge in [0.05, 0.1) is 31.2 Å². The molecule has 0 aliphatic carbocycles. The quantitative estimate of drug-likeness (QED) is 0.193. The van der Waals surface area contributed by atoms with E-state index >= 15 is 0 Å². The lowest BCUT2D eigenvalue weighted by Gasteiger charge is -2.13. The van der Waals surface area contributed by atoms with E-state index in [0.29, 0.717) is 35.1 Å². The van der Waals surface area contributed by atoms with E-state index in [4.69, 9.17) is 4.42 Å². The SMILES string of the molecule is CNCc1ccc(CSCCNC(=NCC(O)c2ccc(S(C)=O)cc2)NS(C)(=O)=O)o1. The first-order valence-electron chi connectivity index (χ1n) is 9.85. The van der Waals surface area contributed by atoms with Gasteiger partial charge in [-0.2, -0.15) is 11.8 Å². The summed E-state index contributed by atoms with van der Waals surface area (Å²) >= 11 is 1.64. The number of hydrogen-bond donors (Lipinski definition) is 4. The molecular formula is C20H30N4O5S3. The van der Waals surface area contributed by atoms with Crippen LogP contribution in [0.2, 0.25) is 0 Å². The lowest BCUT2D eigenvalue weighted by atomic mass is 10.1. The lowest BCUT2D eigenvalue weighted by molar-refractivity contribution is 0.187. The van der Waals surface area contributed by atoms with E-state index in [0.717, 1.165) is 17.8 Å². The van der Waals surface area contributed by atoms with Crippen LogP contribution < -0.4 is 15.4 Å². The third kappa shape index (κ3) is 9.74. The number of rotatable bonds is 12. The number of sulfonamides is 1. The summed E-state index contributed by atoms with van der Waals surface area (Å²) in [6.45, 7) is 1.12. The maximum Gasteiger partial charge on any atom is 0.232 e. The van der Waals surface area contributed by atoms with Gasteiger partial charge in [0, 0.05) is 34.2 Å². The number of aliphatic imine (C=N–C) groups is 1. The summed E-state index contributed by atoms with van der Waals surface area (Å²) in [5, 5.41) is 16.4. The average Bonchev–Trinajstić information content (AvgIpc) is 3.18. The molecule has 9 nitrogen and oxygen atoms in total. The van der Waals surface area contributed by atoms with Crippen molar-refractivity contribution in [3.63, 3.8) is 0 Å². The highest BCUT2D eigenvalue weighted by molar-refractivity contribution is 7.98. The highest BCUT2D eigenvalue weighted by atomic mass is 32.2. The molecule has 12 heteroatoms. The van der Waals surface area contributed by atoms with Crippen LogP contribution in [0.25, 0.3) is 0 Å². The van der Waals surface area contributed by atoms with E-state index in [1.807, 2.05) is 19.2 Å². The van der Waals surface area contributed by atoms with Crippen molar-refractivity contribution in [3.05, 3.63) is 53.5 Å². The minimum absolute atomic E-state index is 0.0345. The second-order valence-corrected chi connectivity index (χ2v) is 11.2. The monoisotopic (exact) mass is 502 g/mol. The molecule has 0 saturated heterocycles. The fourth-order valence-corrected chi connectivity index (χ4v) is 4.40. The molecule has 2 unspecified atom stereocenters. The van der Waals surface area contributed by atoms with Crippen molar-refractivity contribution in [2.75, 3.05) is 38.4 Å². The summed E-state index contributed by atoms with van der Waals surface area (Å²) in [6.07, 6.45) is 1.70. The van der Waals surface area contributed by atoms with Crippen molar-refractivity contribution in [3.8, 4) is 0 Å². The van der Waals surface area contributed by atoms with Crippen LogP contribution in [0.4, 0.5) is 0 Å². The van der Waals surface area contributed by atoms with Crippen LogP contribution in [0.5, 0.6) is 0 Å². The molecule has 178 valence electrons. The maximum absolute atomic E-state index is 11.6. The zero-order chi connectivity index (χ0) is 23.6. The number of benzene rings is 1. The van der Waals surface area contributed by atoms with E-state index in [-0.39, 0.29) is 12.5 Å². The Bertz CT molecular complexity index is 1010. The van der Waals surface area contributed by atoms with Crippen molar-refractivity contribution in [2.24, 2.45) is 4.99 Å². The zero-order valence-electron chi connectivity index (χ0n) is 18.3. The van der Waals surface area contributed by atoms with Crippen molar-refractivity contribution in [1.82, 2.24) is 15.4 Å². The normalized spacial score (nSPS) is 14.2. The van der Waals surface area contributed by atoms with Gasteiger partial charge in [-0.1, -0.05) is 12.1 Å². The third-order valence-electron chi connectivity index (χ3n) is 4.15. The van der Waals surface area contributed by atoms with Gasteiger partial charge in [-0.15, -0.1) is 0 Å². The number of nitrogens with one attached hydrogen (secondary N) is 3. The van der Waals surface area contributed by atoms with Gasteiger partial charge in [-0.05, 0) is 36.9 Å². The summed E-state index contributed by atoms with van der Waals surface area (Å²) in [5.41, 5.74) is 0.605. The fraction of sp³-hybridized carbons (Fsp3) is 0.450. The largest absolute Gasteiger partial charge is 0.464 e. The van der Waals surface area contributed by atoms with Crippen molar-refractivity contribution >= 4 is 38.5 Å². The minimum Gasteiger partial charge on any atom is -0.464 e. The van der Waals surface area contributed by atoms with Gasteiger partial charge in [0.15, 0.2) is 0 Å². The van der Waals surface area contributed by atoms with Crippen LogP contribution >= 0.6 is 11.8 Å². The average molecular weight is 503 g/mol. The highest BCUT2D eigenvalue weighted by Crippen LogP contribution is 2.16. The number of furan rings is 1. The van der Waals surface area contributed by atoms with Gasteiger partial charge < -0.3 is 20.2 Å². The summed E-state index contributed by atoms with van der Waals surface area (Å²) in [4.78, 5) is 4.86. The molecule has 0 spiro atoms. The smallest absolute Gasteiger partial charge is 0.232 e. The van der Waals surface area contributed by atoms with Gasteiger partial charge >= 0.3 is 0 Å². The Kier molecular flexibility index (Phi) is 10.7. The van der Waals surface area contributed by atoms with Gasteiger partial charge in [-0.3, -0.25) is 8.93 Å². The first-order chi connectivity index (χ1) is 15.2. The molecule has 1 aromatic heterocycles. The van der Waals surface area contributed by atoms with E-state index in [1.165, 1.54) is 0 Å². The molecule has 2 atom stereocenters. The molecule has 0 amide bonds. The highest BCUT2D eigenvalue weighted by Gasteiger charge is 2.11. The number of hydrogen-bond acceptors (Lipinski definition) is 8. The molecule has 0 aliphatic rings. The molecule has 4 N–H and O–H groups in total. The third-order valence-corrected chi connectivity index (χ3v) is 6.63. The molecular weight excluding hydrogens is 472 g/mol. The first kappa shape index (κ1) is 26.4. The zero-order valence-corrected chi connectivity index (χ0v) is 20.8. The van der Waals surface area contributed by atoms with Crippen molar-refractivity contribution in [1.29, 1.82) is 0 Å². The second-order valence-electron chi connectivity index (χ2n) is 6.98. The molecule has 32 heavy (non-hydrogen) atoms. The molecule has 0 aliphatic heterocycles. The second kappa shape index (κ2) is 13.0. The molecule has 1 heterocycles. The molecule has 0 bridgehead atoms. The Morgan fingerprint density at radius 3 is 2.53 bits per heavy atom. The van der Waals surface area contributed by atoms with E-state index in [1.54, 1.807) is 42.3 Å². The first-order valence-corrected chi connectivity index (χ1v) is 14.5. The molecule has 0 saturated carbocycles. The van der Waals surface area contributed by atoms with E-state index in [9.17, 15) is 17.7 Å². The van der Waals surface area contributed by atoms with Gasteiger partial charge in [0.1, 0.15) is 11.5 Å². The topological polar surface area (TPSA) is 133 Å². The number of nitrogens with zero attached hydrogens (tertiary/aromatic N) is 1. The van der Waals surface area contributed by atoms with Gasteiger partial charge in [0.25, 0.3) is 0 Å². The van der Waals surface area contributed by atoms with Crippen LogP contribution in [-0.2, 0) is 33.1 Å². The van der Waals surface area contributed by atoms with Crippen LogP contribution in [0.3, 0.4) is 0 Å². The molecule has 0 radical (unpaired) electrons. The predicted octanol–water partition coefficient (Wildman–Crippen LogP) is 1.20. The molecule has 2 aromatic rings. The Morgan fingerprint density at radius 2 is 1.91 bits per heavy atom. The van der Waals surface area contributed by atoms with Crippen LogP contribution in [0, 0.1) is 0 Å². The fourth-order valence-electron chi connectivity index (χ4n) is 2.65. The molecule has 2 rings (SSSR count). The van der Waals surface area contributed by atoms with Gasteiger partial charge in [0.2, 0.25) is 16.0 Å². The molecule has 1 aromatic carbocycles. The summed E-state index contributed by atoms with van der Waals surface area (Å²) in [6, 6.07) is 10.6. The lowest BCUT2D eigenvalue weighted by Crippen LogP contribution is -2.41. The Morgan fingerprint density at radius 1 is 1.22 bits per heavy atom. The number of guanidine groups is 1. The van der Waals surface area contributed by atoms with E-state index in [2.05, 4.69) is 20.3 Å². The standard InChI is InChI=1S/C20H30N4O5S3/c1-21-12-16-6-7-17(29-16)14-30-11-10-22-20(24-32(3,27)28)23-13-19(25)15-4-8-18(9-5-15)31(2)26/h4-9,19,21,25H,10-14H2,1-3H3,(H2,22,23,24).